The van der Waals surface area contributed by atoms with E-state index in [0.717, 1.165) is 5.56 Å². The van der Waals surface area contributed by atoms with Gasteiger partial charge in [-0.05, 0) is 54.2 Å². The van der Waals surface area contributed by atoms with E-state index in [1.165, 1.54) is 4.90 Å². The third-order valence-electron chi connectivity index (χ3n) is 4.85. The fraction of sp³-hybridized carbons (Fsp3) is 0.250. The lowest BCUT2D eigenvalue weighted by Gasteiger charge is -2.29. The number of anilines is 1. The Kier molecular flexibility index (Phi) is 5.29. The van der Waals surface area contributed by atoms with E-state index in [0.29, 0.717) is 33.9 Å². The van der Waals surface area contributed by atoms with Crippen LogP contribution in [0.5, 0.6) is 11.5 Å². The van der Waals surface area contributed by atoms with Gasteiger partial charge in [0.15, 0.2) is 16.6 Å². The summed E-state index contributed by atoms with van der Waals surface area (Å²) >= 11 is 11.4. The molecule has 1 unspecified atom stereocenters. The topological polar surface area (TPSA) is 71.1 Å². The highest BCUT2D eigenvalue weighted by Gasteiger charge is 2.43. The third kappa shape index (κ3) is 3.73. The molecule has 1 atom stereocenters. The van der Waals surface area contributed by atoms with Gasteiger partial charge in [-0.15, -0.1) is 0 Å². The van der Waals surface area contributed by atoms with Crippen LogP contribution in [0.25, 0.3) is 0 Å². The molecular formula is C20H18ClN3O4S. The number of rotatable bonds is 4. The molecule has 2 amide bonds. The van der Waals surface area contributed by atoms with Crippen LogP contribution in [-0.2, 0) is 16.1 Å². The molecule has 2 heterocycles. The summed E-state index contributed by atoms with van der Waals surface area (Å²) in [5.74, 6) is 0.722. The van der Waals surface area contributed by atoms with E-state index < -0.39 is 6.04 Å². The average molecular weight is 432 g/mol. The predicted molar refractivity (Wildman–Crippen MR) is 112 cm³/mol. The van der Waals surface area contributed by atoms with Crippen LogP contribution >= 0.6 is 23.8 Å². The maximum atomic E-state index is 13.1. The molecule has 4 rings (SSSR count). The molecular weight excluding hydrogens is 414 g/mol. The fourth-order valence-corrected chi connectivity index (χ4v) is 3.74. The van der Waals surface area contributed by atoms with E-state index in [2.05, 4.69) is 5.32 Å². The van der Waals surface area contributed by atoms with Gasteiger partial charge in [-0.2, -0.15) is 0 Å². The van der Waals surface area contributed by atoms with E-state index >= 15 is 0 Å². The van der Waals surface area contributed by atoms with Gasteiger partial charge in [0.25, 0.3) is 5.91 Å². The van der Waals surface area contributed by atoms with Gasteiger partial charge in [0.1, 0.15) is 6.04 Å². The van der Waals surface area contributed by atoms with E-state index in [4.69, 9.17) is 33.3 Å². The largest absolute Gasteiger partial charge is 0.454 e. The molecule has 9 heteroatoms. The molecule has 1 saturated heterocycles. The van der Waals surface area contributed by atoms with Gasteiger partial charge in [0.05, 0.1) is 12.1 Å². The first kappa shape index (κ1) is 19.5. The first-order valence-electron chi connectivity index (χ1n) is 8.97. The second-order valence-electron chi connectivity index (χ2n) is 6.63. The van der Waals surface area contributed by atoms with Crippen LogP contribution in [0.4, 0.5) is 5.69 Å². The van der Waals surface area contributed by atoms with Crippen molar-refractivity contribution in [2.45, 2.75) is 19.0 Å². The van der Waals surface area contributed by atoms with Crippen molar-refractivity contribution in [1.29, 1.82) is 0 Å². The molecule has 0 aromatic heterocycles. The Morgan fingerprint density at radius 3 is 2.66 bits per heavy atom. The molecule has 0 spiro atoms. The average Bonchev–Trinajstić information content (AvgIpc) is 3.30. The second-order valence-corrected chi connectivity index (χ2v) is 7.46. The monoisotopic (exact) mass is 431 g/mol. The zero-order valence-corrected chi connectivity index (χ0v) is 17.1. The van der Waals surface area contributed by atoms with Gasteiger partial charge < -0.3 is 19.7 Å². The highest BCUT2D eigenvalue weighted by molar-refractivity contribution is 7.80. The second kappa shape index (κ2) is 7.88. The summed E-state index contributed by atoms with van der Waals surface area (Å²) in [4.78, 5) is 28.7. The van der Waals surface area contributed by atoms with Crippen LogP contribution in [0, 0.1) is 0 Å². The minimum Gasteiger partial charge on any atom is -0.454 e. The molecule has 29 heavy (non-hydrogen) atoms. The minimum atomic E-state index is -0.705. The van der Waals surface area contributed by atoms with Crippen LogP contribution in [0.2, 0.25) is 5.02 Å². The van der Waals surface area contributed by atoms with Gasteiger partial charge in [-0.1, -0.05) is 17.7 Å². The van der Waals surface area contributed by atoms with Crippen molar-refractivity contribution in [2.75, 3.05) is 18.7 Å². The Bertz CT molecular complexity index is 982. The Hall–Kier alpha value is -2.84. The normalized spacial score (nSPS) is 17.6. The number of carbonyl (C=O) groups excluding carboxylic acids is 2. The highest BCUT2D eigenvalue weighted by atomic mass is 35.5. The van der Waals surface area contributed by atoms with E-state index in [9.17, 15) is 9.59 Å². The summed E-state index contributed by atoms with van der Waals surface area (Å²) in [6.07, 6.45) is 0.0355. The van der Waals surface area contributed by atoms with Crippen molar-refractivity contribution in [3.8, 4) is 11.5 Å². The third-order valence-corrected chi connectivity index (χ3v) is 5.54. The number of imide groups is 1. The van der Waals surface area contributed by atoms with Gasteiger partial charge in [-0.25, -0.2) is 4.90 Å². The van der Waals surface area contributed by atoms with Gasteiger partial charge >= 0.3 is 0 Å². The number of thiocarbonyl (C=S) groups is 1. The molecule has 2 aromatic rings. The molecule has 0 radical (unpaired) electrons. The van der Waals surface area contributed by atoms with Crippen LogP contribution in [-0.4, -0.2) is 41.7 Å². The Balaban J connectivity index is 1.60. The number of nitrogens with zero attached hydrogens (tertiary/aromatic N) is 2. The van der Waals surface area contributed by atoms with E-state index in [1.807, 2.05) is 18.2 Å². The molecule has 2 aromatic carbocycles. The Morgan fingerprint density at radius 1 is 1.21 bits per heavy atom. The number of carbonyl (C=O) groups is 2. The fourth-order valence-electron chi connectivity index (χ4n) is 3.42. The lowest BCUT2D eigenvalue weighted by atomic mass is 10.1. The molecule has 150 valence electrons. The zero-order chi connectivity index (χ0) is 20.5. The van der Waals surface area contributed by atoms with Crippen molar-refractivity contribution in [1.82, 2.24) is 10.2 Å². The van der Waals surface area contributed by atoms with Crippen molar-refractivity contribution in [2.24, 2.45) is 0 Å². The Labute approximate surface area is 178 Å². The predicted octanol–water partition coefficient (Wildman–Crippen LogP) is 2.71. The van der Waals surface area contributed by atoms with Gasteiger partial charge in [0, 0.05) is 18.6 Å². The van der Waals surface area contributed by atoms with E-state index in [-0.39, 0.29) is 25.0 Å². The summed E-state index contributed by atoms with van der Waals surface area (Å²) < 4.78 is 10.8. The van der Waals surface area contributed by atoms with Crippen LogP contribution in [0.15, 0.2) is 42.5 Å². The van der Waals surface area contributed by atoms with E-state index in [1.54, 1.807) is 36.2 Å². The number of fused-ring (bicyclic) bond motifs is 1. The molecule has 1 fully saturated rings. The highest BCUT2D eigenvalue weighted by Crippen LogP contribution is 2.34. The van der Waals surface area contributed by atoms with Crippen LogP contribution < -0.4 is 19.7 Å². The molecule has 1 N–H and O–H groups in total. The standard InChI is InChI=1S/C20H18ClN3O4S/c1-22-20(29)23(10-12-2-7-16-17(8-12)28-11-27-16)15-9-18(25)24(19(15)26)14-5-3-13(21)4-6-14/h2-8,15H,9-11H2,1H3,(H,22,29). The number of ether oxygens (including phenoxy) is 2. The summed E-state index contributed by atoms with van der Waals surface area (Å²) in [5, 5.41) is 3.83. The van der Waals surface area contributed by atoms with Crippen molar-refractivity contribution in [3.63, 3.8) is 0 Å². The smallest absolute Gasteiger partial charge is 0.257 e. The first-order valence-corrected chi connectivity index (χ1v) is 9.76. The molecule has 7 nitrogen and oxygen atoms in total. The zero-order valence-electron chi connectivity index (χ0n) is 15.6. The molecule has 2 aliphatic rings. The minimum absolute atomic E-state index is 0.0355. The number of halogens is 1. The summed E-state index contributed by atoms with van der Waals surface area (Å²) in [6, 6.07) is 11.4. The van der Waals surface area contributed by atoms with Crippen molar-refractivity contribution < 1.29 is 19.1 Å². The number of nitrogens with one attached hydrogen (secondary N) is 1. The molecule has 0 bridgehead atoms. The maximum Gasteiger partial charge on any atom is 0.257 e. The van der Waals surface area contributed by atoms with Crippen molar-refractivity contribution in [3.05, 3.63) is 53.1 Å². The number of benzene rings is 2. The maximum absolute atomic E-state index is 13.1. The van der Waals surface area contributed by atoms with Crippen LogP contribution in [0.3, 0.4) is 0 Å². The molecule has 0 saturated carbocycles. The first-order chi connectivity index (χ1) is 14.0. The van der Waals surface area contributed by atoms with Crippen LogP contribution in [0.1, 0.15) is 12.0 Å². The van der Waals surface area contributed by atoms with Gasteiger partial charge in [-0.3, -0.25) is 9.59 Å². The summed E-state index contributed by atoms with van der Waals surface area (Å²) in [7, 11) is 1.69. The van der Waals surface area contributed by atoms with Crippen molar-refractivity contribution >= 4 is 46.4 Å². The lowest BCUT2D eigenvalue weighted by Crippen LogP contribution is -2.48. The summed E-state index contributed by atoms with van der Waals surface area (Å²) in [5.41, 5.74) is 1.38. The molecule has 0 aliphatic carbocycles. The Morgan fingerprint density at radius 2 is 1.93 bits per heavy atom. The number of hydrogen-bond donors (Lipinski definition) is 1. The number of hydrogen-bond acceptors (Lipinski definition) is 5. The number of amides is 2. The molecule has 2 aliphatic heterocycles. The quantitative estimate of drug-likeness (QED) is 0.589. The SMILES string of the molecule is CNC(=S)N(Cc1ccc2c(c1)OCO2)C1CC(=O)N(c2ccc(Cl)cc2)C1=O. The lowest BCUT2D eigenvalue weighted by molar-refractivity contribution is -0.122. The summed E-state index contributed by atoms with van der Waals surface area (Å²) in [6.45, 7) is 0.525. The van der Waals surface area contributed by atoms with Gasteiger partial charge in [0.2, 0.25) is 12.7 Å².